The first-order chi connectivity index (χ1) is 6.68. The van der Waals surface area contributed by atoms with Gasteiger partial charge in [-0.3, -0.25) is 0 Å². The van der Waals surface area contributed by atoms with Gasteiger partial charge in [-0.15, -0.1) is 6.58 Å². The monoisotopic (exact) mass is 197 g/mol. The van der Waals surface area contributed by atoms with E-state index in [9.17, 15) is 0 Å². The van der Waals surface area contributed by atoms with E-state index in [0.29, 0.717) is 0 Å². The third kappa shape index (κ3) is 8.31. The zero-order valence-electron chi connectivity index (χ0n) is 10.3. The molecule has 0 aromatic rings. The first kappa shape index (κ1) is 13.7. The summed E-state index contributed by atoms with van der Waals surface area (Å²) in [7, 11) is 4.32. The average molecular weight is 197 g/mol. The van der Waals surface area contributed by atoms with E-state index in [1.165, 1.54) is 44.9 Å². The molecule has 0 heterocycles. The van der Waals surface area contributed by atoms with Gasteiger partial charge in [0, 0.05) is 6.04 Å². The minimum Gasteiger partial charge on any atom is -0.307 e. The molecule has 0 aromatic heterocycles. The summed E-state index contributed by atoms with van der Waals surface area (Å²) >= 11 is 0. The molecule has 1 unspecified atom stereocenters. The van der Waals surface area contributed by atoms with Crippen LogP contribution in [0.15, 0.2) is 12.7 Å². The van der Waals surface area contributed by atoms with E-state index in [-0.39, 0.29) is 0 Å². The van der Waals surface area contributed by atoms with Crippen molar-refractivity contribution in [1.29, 1.82) is 0 Å². The summed E-state index contributed by atoms with van der Waals surface area (Å²) in [6.07, 6.45) is 11.4. The molecule has 0 saturated carbocycles. The molecule has 0 N–H and O–H groups in total. The quantitative estimate of drug-likeness (QED) is 0.401. The summed E-state index contributed by atoms with van der Waals surface area (Å²) in [5.74, 6) is 0. The Bertz CT molecular complexity index is 129. The van der Waals surface area contributed by atoms with Gasteiger partial charge in [-0.2, -0.15) is 0 Å². The van der Waals surface area contributed by atoms with E-state index < -0.39 is 0 Å². The van der Waals surface area contributed by atoms with Gasteiger partial charge < -0.3 is 4.90 Å². The van der Waals surface area contributed by atoms with Crippen molar-refractivity contribution in [3.8, 4) is 0 Å². The van der Waals surface area contributed by atoms with Gasteiger partial charge in [0.25, 0.3) is 0 Å². The number of hydrogen-bond donors (Lipinski definition) is 0. The Morgan fingerprint density at radius 3 is 2.21 bits per heavy atom. The van der Waals surface area contributed by atoms with Crippen LogP contribution in [0.4, 0.5) is 0 Å². The highest BCUT2D eigenvalue weighted by molar-refractivity contribution is 4.65. The van der Waals surface area contributed by atoms with Crippen molar-refractivity contribution in [2.24, 2.45) is 0 Å². The molecular formula is C13H27N. The second kappa shape index (κ2) is 9.26. The van der Waals surface area contributed by atoms with Crippen molar-refractivity contribution in [2.75, 3.05) is 14.1 Å². The topological polar surface area (TPSA) is 3.24 Å². The number of hydrogen-bond acceptors (Lipinski definition) is 1. The first-order valence-corrected chi connectivity index (χ1v) is 5.95. The lowest BCUT2D eigenvalue weighted by atomic mass is 10.1. The summed E-state index contributed by atoms with van der Waals surface area (Å²) in [4.78, 5) is 2.30. The molecule has 0 aliphatic heterocycles. The molecule has 0 aliphatic carbocycles. The van der Waals surface area contributed by atoms with E-state index in [0.717, 1.165) is 6.04 Å². The highest BCUT2D eigenvalue weighted by Gasteiger charge is 2.02. The van der Waals surface area contributed by atoms with Gasteiger partial charge in [-0.05, 0) is 40.3 Å². The lowest BCUT2D eigenvalue weighted by molar-refractivity contribution is 0.291. The van der Waals surface area contributed by atoms with Crippen LogP contribution in [-0.4, -0.2) is 25.0 Å². The van der Waals surface area contributed by atoms with Crippen molar-refractivity contribution in [3.63, 3.8) is 0 Å². The zero-order valence-corrected chi connectivity index (χ0v) is 10.3. The van der Waals surface area contributed by atoms with Crippen molar-refractivity contribution in [3.05, 3.63) is 12.7 Å². The molecular weight excluding hydrogens is 170 g/mol. The number of nitrogens with zero attached hydrogens (tertiary/aromatic N) is 1. The van der Waals surface area contributed by atoms with Crippen molar-refractivity contribution in [1.82, 2.24) is 4.90 Å². The van der Waals surface area contributed by atoms with Gasteiger partial charge in [-0.25, -0.2) is 0 Å². The summed E-state index contributed by atoms with van der Waals surface area (Å²) in [6.45, 7) is 6.04. The Labute approximate surface area is 90.2 Å². The second-order valence-electron chi connectivity index (χ2n) is 4.45. The molecule has 0 amide bonds. The molecule has 0 radical (unpaired) electrons. The minimum atomic E-state index is 0.739. The Hall–Kier alpha value is -0.300. The maximum absolute atomic E-state index is 3.73. The zero-order chi connectivity index (χ0) is 10.8. The molecule has 1 heteroatoms. The Morgan fingerprint density at radius 1 is 1.07 bits per heavy atom. The largest absolute Gasteiger partial charge is 0.307 e. The lowest BCUT2D eigenvalue weighted by Gasteiger charge is -2.19. The highest BCUT2D eigenvalue weighted by Crippen LogP contribution is 2.10. The average Bonchev–Trinajstić information content (AvgIpc) is 2.16. The van der Waals surface area contributed by atoms with E-state index in [1.807, 2.05) is 6.08 Å². The van der Waals surface area contributed by atoms with Crippen molar-refractivity contribution < 1.29 is 0 Å². The Kier molecular flexibility index (Phi) is 9.06. The Balaban J connectivity index is 3.09. The van der Waals surface area contributed by atoms with Crippen molar-refractivity contribution >= 4 is 0 Å². The smallest absolute Gasteiger partial charge is 0.00608 e. The number of rotatable bonds is 9. The molecule has 14 heavy (non-hydrogen) atoms. The van der Waals surface area contributed by atoms with E-state index in [4.69, 9.17) is 0 Å². The summed E-state index contributed by atoms with van der Waals surface area (Å²) < 4.78 is 0. The van der Waals surface area contributed by atoms with Gasteiger partial charge in [-0.1, -0.05) is 31.8 Å². The summed E-state index contributed by atoms with van der Waals surface area (Å²) in [5.41, 5.74) is 0. The molecule has 84 valence electrons. The van der Waals surface area contributed by atoms with Crippen LogP contribution < -0.4 is 0 Å². The molecule has 0 fully saturated rings. The van der Waals surface area contributed by atoms with E-state index in [2.05, 4.69) is 32.5 Å². The SMILES string of the molecule is C=CCCCCCCCC(C)N(C)C. The first-order valence-electron chi connectivity index (χ1n) is 5.95. The molecule has 0 rings (SSSR count). The number of allylic oxidation sites excluding steroid dienone is 1. The van der Waals surface area contributed by atoms with E-state index >= 15 is 0 Å². The molecule has 1 atom stereocenters. The number of unbranched alkanes of at least 4 members (excludes halogenated alkanes) is 5. The minimum absolute atomic E-state index is 0.739. The predicted molar refractivity (Wildman–Crippen MR) is 65.7 cm³/mol. The van der Waals surface area contributed by atoms with Crippen LogP contribution in [0.1, 0.15) is 51.9 Å². The van der Waals surface area contributed by atoms with Gasteiger partial charge in [0.15, 0.2) is 0 Å². The fourth-order valence-electron chi connectivity index (χ4n) is 1.52. The van der Waals surface area contributed by atoms with Crippen LogP contribution in [0.3, 0.4) is 0 Å². The molecule has 0 bridgehead atoms. The molecule has 0 spiro atoms. The van der Waals surface area contributed by atoms with Crippen LogP contribution in [0.5, 0.6) is 0 Å². The summed E-state index contributed by atoms with van der Waals surface area (Å²) in [6, 6.07) is 0.739. The van der Waals surface area contributed by atoms with Gasteiger partial charge in [0.1, 0.15) is 0 Å². The van der Waals surface area contributed by atoms with Gasteiger partial charge in [0.2, 0.25) is 0 Å². The third-order valence-corrected chi connectivity index (χ3v) is 2.91. The predicted octanol–water partition coefficient (Wildman–Crippen LogP) is 3.85. The maximum Gasteiger partial charge on any atom is 0.00608 e. The van der Waals surface area contributed by atoms with Crippen LogP contribution in [0.25, 0.3) is 0 Å². The normalized spacial score (nSPS) is 13.1. The fraction of sp³-hybridized carbons (Fsp3) is 0.846. The fourth-order valence-corrected chi connectivity index (χ4v) is 1.52. The van der Waals surface area contributed by atoms with Crippen LogP contribution in [-0.2, 0) is 0 Å². The highest BCUT2D eigenvalue weighted by atomic mass is 15.1. The lowest BCUT2D eigenvalue weighted by Crippen LogP contribution is -2.24. The van der Waals surface area contributed by atoms with Crippen LogP contribution in [0, 0.1) is 0 Å². The van der Waals surface area contributed by atoms with Crippen LogP contribution >= 0.6 is 0 Å². The van der Waals surface area contributed by atoms with Crippen LogP contribution in [0.2, 0.25) is 0 Å². The summed E-state index contributed by atoms with van der Waals surface area (Å²) in [5, 5.41) is 0. The standard InChI is InChI=1S/C13H27N/c1-5-6-7-8-9-10-11-12-13(2)14(3)4/h5,13H,1,6-12H2,2-4H3. The van der Waals surface area contributed by atoms with Gasteiger partial charge in [0.05, 0.1) is 0 Å². The Morgan fingerprint density at radius 2 is 1.64 bits per heavy atom. The molecule has 0 aromatic carbocycles. The third-order valence-electron chi connectivity index (χ3n) is 2.91. The second-order valence-corrected chi connectivity index (χ2v) is 4.45. The molecule has 0 saturated heterocycles. The molecule has 1 nitrogen and oxygen atoms in total. The van der Waals surface area contributed by atoms with Gasteiger partial charge >= 0.3 is 0 Å². The van der Waals surface area contributed by atoms with Crippen molar-refractivity contribution in [2.45, 2.75) is 57.9 Å². The van der Waals surface area contributed by atoms with E-state index in [1.54, 1.807) is 0 Å². The molecule has 0 aliphatic rings. The maximum atomic E-state index is 3.73.